The van der Waals surface area contributed by atoms with E-state index in [9.17, 15) is 9.18 Å². The number of benzene rings is 1. The lowest BCUT2D eigenvalue weighted by Crippen LogP contribution is -2.11. The van der Waals surface area contributed by atoms with Crippen molar-refractivity contribution in [2.75, 3.05) is 0 Å². The molecular formula is C11H9ClFN3O. The van der Waals surface area contributed by atoms with E-state index >= 15 is 0 Å². The molecule has 88 valence electrons. The average Bonchev–Trinajstić information content (AvgIpc) is 2.70. The first kappa shape index (κ1) is 11.7. The molecule has 0 aliphatic heterocycles. The van der Waals surface area contributed by atoms with E-state index in [4.69, 9.17) is 11.6 Å². The van der Waals surface area contributed by atoms with Crippen LogP contribution in [0.25, 0.3) is 0 Å². The molecule has 0 aliphatic rings. The van der Waals surface area contributed by atoms with E-state index in [1.807, 2.05) is 0 Å². The number of aryl methyl sites for hydroxylation is 1. The minimum Gasteiger partial charge on any atom is -0.292 e. The van der Waals surface area contributed by atoms with Gasteiger partial charge in [-0.05, 0) is 12.1 Å². The molecule has 0 radical (unpaired) electrons. The van der Waals surface area contributed by atoms with Gasteiger partial charge >= 0.3 is 0 Å². The fraction of sp³-hybridized carbons (Fsp3) is 0.182. The minimum atomic E-state index is -0.485. The quantitative estimate of drug-likeness (QED) is 0.787. The molecule has 1 aromatic carbocycles. The first-order chi connectivity index (χ1) is 8.09. The molecule has 0 N–H and O–H groups in total. The van der Waals surface area contributed by atoms with Crippen molar-refractivity contribution in [3.63, 3.8) is 0 Å². The summed E-state index contributed by atoms with van der Waals surface area (Å²) in [6, 6.07) is 4.32. The summed E-state index contributed by atoms with van der Waals surface area (Å²) >= 11 is 5.84. The van der Waals surface area contributed by atoms with E-state index < -0.39 is 5.82 Å². The lowest BCUT2D eigenvalue weighted by molar-refractivity contribution is 0.0983. The van der Waals surface area contributed by atoms with Gasteiger partial charge < -0.3 is 0 Å². The van der Waals surface area contributed by atoms with Crippen LogP contribution in [0, 0.1) is 5.82 Å². The summed E-state index contributed by atoms with van der Waals surface area (Å²) < 4.78 is 14.8. The van der Waals surface area contributed by atoms with Crippen molar-refractivity contribution in [2.24, 2.45) is 7.05 Å². The van der Waals surface area contributed by atoms with Crippen molar-refractivity contribution in [3.8, 4) is 0 Å². The summed E-state index contributed by atoms with van der Waals surface area (Å²) in [6.07, 6.45) is 1.24. The number of carbonyl (C=O) groups excluding carboxylic acids is 1. The summed E-state index contributed by atoms with van der Waals surface area (Å²) in [5, 5.41) is 7.48. The number of aromatic nitrogens is 3. The first-order valence-electron chi connectivity index (χ1n) is 4.90. The van der Waals surface area contributed by atoms with Crippen LogP contribution >= 0.6 is 11.6 Å². The van der Waals surface area contributed by atoms with Crippen LogP contribution in [-0.2, 0) is 13.5 Å². The van der Waals surface area contributed by atoms with Crippen LogP contribution in [0.3, 0.4) is 0 Å². The van der Waals surface area contributed by atoms with E-state index in [0.29, 0.717) is 5.69 Å². The third-order valence-corrected chi connectivity index (χ3v) is 2.75. The summed E-state index contributed by atoms with van der Waals surface area (Å²) in [4.78, 5) is 11.9. The number of Topliss-reactive ketones (excluding diaryl/α,β-unsaturated/α-hetero) is 1. The lowest BCUT2D eigenvalue weighted by atomic mass is 10.1. The fourth-order valence-electron chi connectivity index (χ4n) is 1.49. The van der Waals surface area contributed by atoms with Gasteiger partial charge in [-0.25, -0.2) is 9.07 Å². The molecule has 17 heavy (non-hydrogen) atoms. The van der Waals surface area contributed by atoms with Crippen molar-refractivity contribution in [1.29, 1.82) is 0 Å². The Morgan fingerprint density at radius 2 is 2.29 bits per heavy atom. The van der Waals surface area contributed by atoms with Crippen LogP contribution in [0.2, 0.25) is 5.02 Å². The Bertz CT molecular complexity index is 547. The van der Waals surface area contributed by atoms with E-state index in [1.165, 1.54) is 23.0 Å². The number of rotatable bonds is 3. The van der Waals surface area contributed by atoms with Crippen molar-refractivity contribution >= 4 is 17.4 Å². The molecule has 4 nitrogen and oxygen atoms in total. The first-order valence-corrected chi connectivity index (χ1v) is 5.28. The van der Waals surface area contributed by atoms with Crippen LogP contribution < -0.4 is 0 Å². The van der Waals surface area contributed by atoms with Crippen molar-refractivity contribution in [1.82, 2.24) is 15.0 Å². The highest BCUT2D eigenvalue weighted by atomic mass is 35.5. The highest BCUT2D eigenvalue weighted by Crippen LogP contribution is 2.20. The largest absolute Gasteiger partial charge is 0.292 e. The Hall–Kier alpha value is -1.75. The van der Waals surface area contributed by atoms with Crippen molar-refractivity contribution < 1.29 is 9.18 Å². The molecule has 0 aliphatic carbocycles. The number of carbonyl (C=O) groups is 1. The van der Waals surface area contributed by atoms with Gasteiger partial charge in [0.05, 0.1) is 6.20 Å². The second-order valence-electron chi connectivity index (χ2n) is 3.54. The van der Waals surface area contributed by atoms with E-state index in [0.717, 1.165) is 0 Å². The molecule has 6 heteroatoms. The zero-order valence-electron chi connectivity index (χ0n) is 9.02. The average molecular weight is 254 g/mol. The SMILES string of the molecule is Cn1nncc1C(=O)Cc1c(F)cccc1Cl. The Kier molecular flexibility index (Phi) is 3.19. The van der Waals surface area contributed by atoms with Gasteiger partial charge in [-0.15, -0.1) is 5.10 Å². The highest BCUT2D eigenvalue weighted by Gasteiger charge is 2.16. The number of ketones is 1. The molecule has 0 fully saturated rings. The Labute approximate surface area is 102 Å². The second-order valence-corrected chi connectivity index (χ2v) is 3.95. The van der Waals surface area contributed by atoms with Crippen LogP contribution in [0.4, 0.5) is 4.39 Å². The van der Waals surface area contributed by atoms with Gasteiger partial charge in [-0.3, -0.25) is 4.79 Å². The summed E-state index contributed by atoms with van der Waals surface area (Å²) in [6.45, 7) is 0. The van der Waals surface area contributed by atoms with E-state index in [1.54, 1.807) is 13.1 Å². The molecule has 0 unspecified atom stereocenters. The molecule has 2 rings (SSSR count). The van der Waals surface area contributed by atoms with Gasteiger partial charge in [-0.2, -0.15) is 0 Å². The van der Waals surface area contributed by atoms with E-state index in [2.05, 4.69) is 10.3 Å². The molecule has 0 saturated carbocycles. The van der Waals surface area contributed by atoms with Gasteiger partial charge in [0.15, 0.2) is 5.78 Å². The normalized spacial score (nSPS) is 10.5. The Morgan fingerprint density at radius 1 is 1.53 bits per heavy atom. The maximum Gasteiger partial charge on any atom is 0.187 e. The van der Waals surface area contributed by atoms with Crippen molar-refractivity contribution in [3.05, 3.63) is 46.5 Å². The van der Waals surface area contributed by atoms with Crippen LogP contribution in [-0.4, -0.2) is 20.8 Å². The smallest absolute Gasteiger partial charge is 0.187 e. The summed E-state index contributed by atoms with van der Waals surface area (Å²) in [5.74, 6) is -0.759. The standard InChI is InChI=1S/C11H9ClFN3O/c1-16-10(6-14-15-16)11(17)5-7-8(12)3-2-4-9(7)13/h2-4,6H,5H2,1H3. The van der Waals surface area contributed by atoms with Crippen LogP contribution in [0.15, 0.2) is 24.4 Å². The predicted octanol–water partition coefficient (Wildman–Crippen LogP) is 2.03. The highest BCUT2D eigenvalue weighted by molar-refractivity contribution is 6.31. The summed E-state index contributed by atoms with van der Waals surface area (Å²) in [5.41, 5.74) is 0.518. The summed E-state index contributed by atoms with van der Waals surface area (Å²) in [7, 11) is 1.60. The third-order valence-electron chi connectivity index (χ3n) is 2.40. The minimum absolute atomic E-state index is 0.104. The maximum atomic E-state index is 13.5. The van der Waals surface area contributed by atoms with Gasteiger partial charge in [0.25, 0.3) is 0 Å². The fourth-order valence-corrected chi connectivity index (χ4v) is 1.72. The number of nitrogens with zero attached hydrogens (tertiary/aromatic N) is 3. The molecule has 0 bridgehead atoms. The monoisotopic (exact) mass is 253 g/mol. The lowest BCUT2D eigenvalue weighted by Gasteiger charge is -2.04. The van der Waals surface area contributed by atoms with Gasteiger partial charge in [0.1, 0.15) is 11.5 Å². The zero-order chi connectivity index (χ0) is 12.4. The number of hydrogen-bond donors (Lipinski definition) is 0. The van der Waals surface area contributed by atoms with Crippen LogP contribution in [0.1, 0.15) is 16.1 Å². The molecule has 1 aromatic heterocycles. The maximum absolute atomic E-state index is 13.5. The Balaban J connectivity index is 2.28. The topological polar surface area (TPSA) is 47.8 Å². The molecule has 0 spiro atoms. The molecular weight excluding hydrogens is 245 g/mol. The number of halogens is 2. The van der Waals surface area contributed by atoms with Gasteiger partial charge in [0, 0.05) is 24.1 Å². The third kappa shape index (κ3) is 2.34. The molecule has 2 aromatic rings. The molecule has 0 amide bonds. The van der Waals surface area contributed by atoms with Crippen LogP contribution in [0.5, 0.6) is 0 Å². The van der Waals surface area contributed by atoms with Gasteiger partial charge in [0.2, 0.25) is 0 Å². The molecule has 0 saturated heterocycles. The van der Waals surface area contributed by atoms with Gasteiger partial charge in [-0.1, -0.05) is 22.9 Å². The second kappa shape index (κ2) is 4.63. The zero-order valence-corrected chi connectivity index (χ0v) is 9.78. The van der Waals surface area contributed by atoms with Crippen molar-refractivity contribution in [2.45, 2.75) is 6.42 Å². The molecule has 1 heterocycles. The van der Waals surface area contributed by atoms with E-state index in [-0.39, 0.29) is 22.8 Å². The predicted molar refractivity (Wildman–Crippen MR) is 60.4 cm³/mol. The number of hydrogen-bond acceptors (Lipinski definition) is 3. The Morgan fingerprint density at radius 3 is 2.88 bits per heavy atom. The molecule has 0 atom stereocenters.